The van der Waals surface area contributed by atoms with Crippen molar-refractivity contribution in [3.63, 3.8) is 0 Å². The molecule has 3 nitrogen and oxygen atoms in total. The first kappa shape index (κ1) is 21.1. The molecular formula is C21H40N2O. The van der Waals surface area contributed by atoms with E-state index in [4.69, 9.17) is 5.11 Å². The van der Waals surface area contributed by atoms with Gasteiger partial charge in [0.2, 0.25) is 0 Å². The molecule has 0 bridgehead atoms. The summed E-state index contributed by atoms with van der Waals surface area (Å²) in [6.45, 7) is 3.23. The van der Waals surface area contributed by atoms with Crippen molar-refractivity contribution in [1.29, 1.82) is 0 Å². The fraction of sp³-hybridized carbons (Fsp3) is 0.810. The summed E-state index contributed by atoms with van der Waals surface area (Å²) in [6.07, 6.45) is 26.5. The number of unbranched alkanes of at least 4 members (excludes halogenated alkanes) is 10. The van der Waals surface area contributed by atoms with Gasteiger partial charge in [-0.2, -0.15) is 0 Å². The molecule has 0 aliphatic carbocycles. The maximum Gasteiger partial charge on any atom is 0.0982 e. The Bertz CT molecular complexity index is 328. The van der Waals surface area contributed by atoms with Gasteiger partial charge in [-0.25, -0.2) is 0 Å². The minimum Gasteiger partial charge on any atom is -0.395 e. The second-order valence-electron chi connectivity index (χ2n) is 6.98. The van der Waals surface area contributed by atoms with E-state index in [9.17, 15) is 0 Å². The van der Waals surface area contributed by atoms with E-state index in [2.05, 4.69) is 29.3 Å². The zero-order valence-electron chi connectivity index (χ0n) is 15.9. The smallest absolute Gasteiger partial charge is 0.0982 e. The Balaban J connectivity index is 1.83. The molecule has 0 saturated heterocycles. The molecule has 0 spiro atoms. The number of hydrogen-bond donors (Lipinski definition) is 2. The summed E-state index contributed by atoms with van der Waals surface area (Å²) in [5.74, 6) is 0. The summed E-state index contributed by atoms with van der Waals surface area (Å²) in [7, 11) is 0. The van der Waals surface area contributed by atoms with Crippen molar-refractivity contribution in [2.75, 3.05) is 13.2 Å². The topological polar surface area (TPSA) is 35.5 Å². The van der Waals surface area contributed by atoms with Gasteiger partial charge in [-0.3, -0.25) is 0 Å². The number of hydrogen-bond acceptors (Lipinski definition) is 3. The molecule has 1 unspecified atom stereocenters. The van der Waals surface area contributed by atoms with Crippen molar-refractivity contribution in [2.45, 2.75) is 96.6 Å². The second-order valence-corrected chi connectivity index (χ2v) is 6.98. The van der Waals surface area contributed by atoms with Crippen LogP contribution in [0.5, 0.6) is 0 Å². The normalized spacial score (nSPS) is 17.1. The third-order valence-electron chi connectivity index (χ3n) is 4.80. The van der Waals surface area contributed by atoms with Crippen LogP contribution in [0.2, 0.25) is 0 Å². The van der Waals surface area contributed by atoms with E-state index in [0.717, 1.165) is 13.0 Å². The average molecular weight is 337 g/mol. The largest absolute Gasteiger partial charge is 0.395 e. The summed E-state index contributed by atoms with van der Waals surface area (Å²) >= 11 is 0. The lowest BCUT2D eigenvalue weighted by Gasteiger charge is -2.24. The Morgan fingerprint density at radius 1 is 0.917 bits per heavy atom. The SMILES string of the molecule is CCCCCCCCCC/C=C/CCCCC1NC=CN1CCO. The molecule has 1 rings (SSSR count). The van der Waals surface area contributed by atoms with E-state index in [1.165, 1.54) is 77.0 Å². The minimum absolute atomic E-state index is 0.226. The van der Waals surface area contributed by atoms with Crippen LogP contribution in [0, 0.1) is 0 Å². The van der Waals surface area contributed by atoms with Gasteiger partial charge in [0.15, 0.2) is 0 Å². The van der Waals surface area contributed by atoms with Crippen LogP contribution in [0.3, 0.4) is 0 Å². The van der Waals surface area contributed by atoms with Crippen LogP contribution >= 0.6 is 0 Å². The van der Waals surface area contributed by atoms with Gasteiger partial charge in [0.25, 0.3) is 0 Å². The molecular weight excluding hydrogens is 296 g/mol. The van der Waals surface area contributed by atoms with Gasteiger partial charge in [-0.1, -0.05) is 64.0 Å². The van der Waals surface area contributed by atoms with Crippen LogP contribution in [0.4, 0.5) is 0 Å². The number of allylic oxidation sites excluding steroid dienone is 2. The van der Waals surface area contributed by atoms with Crippen LogP contribution in [-0.2, 0) is 0 Å². The first-order chi connectivity index (χ1) is 11.9. The zero-order chi connectivity index (χ0) is 17.3. The fourth-order valence-electron chi connectivity index (χ4n) is 3.28. The lowest BCUT2D eigenvalue weighted by atomic mass is 10.1. The number of nitrogens with one attached hydrogen (secondary N) is 1. The van der Waals surface area contributed by atoms with E-state index < -0.39 is 0 Å². The van der Waals surface area contributed by atoms with E-state index >= 15 is 0 Å². The molecule has 1 atom stereocenters. The minimum atomic E-state index is 0.226. The monoisotopic (exact) mass is 336 g/mol. The number of aliphatic hydroxyl groups excluding tert-OH is 1. The summed E-state index contributed by atoms with van der Waals surface area (Å²) in [5, 5.41) is 12.4. The molecule has 2 N–H and O–H groups in total. The molecule has 1 heterocycles. The summed E-state index contributed by atoms with van der Waals surface area (Å²) < 4.78 is 0. The Kier molecular flexibility index (Phi) is 13.7. The van der Waals surface area contributed by atoms with Crippen molar-refractivity contribution >= 4 is 0 Å². The first-order valence-electron chi connectivity index (χ1n) is 10.3. The van der Waals surface area contributed by atoms with E-state index in [1.54, 1.807) is 0 Å². The van der Waals surface area contributed by atoms with Crippen LogP contribution < -0.4 is 5.32 Å². The molecule has 0 aromatic carbocycles. The molecule has 140 valence electrons. The van der Waals surface area contributed by atoms with Gasteiger partial charge >= 0.3 is 0 Å². The van der Waals surface area contributed by atoms with Gasteiger partial charge in [0.1, 0.15) is 0 Å². The lowest BCUT2D eigenvalue weighted by Crippen LogP contribution is -2.36. The molecule has 1 aliphatic heterocycles. The third kappa shape index (κ3) is 10.7. The number of β-amino-alcohol motifs (C(OH)–C–C–N with tert-alkyl or cyclic N) is 1. The van der Waals surface area contributed by atoms with Crippen LogP contribution in [0.15, 0.2) is 24.6 Å². The summed E-state index contributed by atoms with van der Waals surface area (Å²) in [5.41, 5.74) is 0. The molecule has 0 fully saturated rings. The molecule has 0 saturated carbocycles. The highest BCUT2D eigenvalue weighted by Gasteiger charge is 2.16. The van der Waals surface area contributed by atoms with E-state index in [0.29, 0.717) is 6.17 Å². The first-order valence-corrected chi connectivity index (χ1v) is 10.3. The van der Waals surface area contributed by atoms with Gasteiger partial charge in [-0.05, 0) is 38.5 Å². The highest BCUT2D eigenvalue weighted by Crippen LogP contribution is 2.13. The van der Waals surface area contributed by atoms with Crippen molar-refractivity contribution in [3.05, 3.63) is 24.6 Å². The Morgan fingerprint density at radius 2 is 1.54 bits per heavy atom. The molecule has 3 heteroatoms. The van der Waals surface area contributed by atoms with Gasteiger partial charge in [-0.15, -0.1) is 0 Å². The maximum absolute atomic E-state index is 9.03. The molecule has 0 amide bonds. The van der Waals surface area contributed by atoms with Gasteiger partial charge in [0, 0.05) is 18.9 Å². The van der Waals surface area contributed by atoms with Gasteiger partial charge < -0.3 is 15.3 Å². The predicted octanol–water partition coefficient (Wildman–Crippen LogP) is 5.33. The van der Waals surface area contributed by atoms with E-state index in [-0.39, 0.29) is 6.61 Å². The van der Waals surface area contributed by atoms with Crippen molar-refractivity contribution in [1.82, 2.24) is 10.2 Å². The molecule has 1 aliphatic rings. The van der Waals surface area contributed by atoms with Crippen molar-refractivity contribution in [2.24, 2.45) is 0 Å². The third-order valence-corrected chi connectivity index (χ3v) is 4.80. The second kappa shape index (κ2) is 15.6. The average Bonchev–Trinajstić information content (AvgIpc) is 3.03. The Hall–Kier alpha value is -0.960. The Morgan fingerprint density at radius 3 is 2.21 bits per heavy atom. The van der Waals surface area contributed by atoms with E-state index in [1.807, 2.05) is 12.4 Å². The fourth-order valence-corrected chi connectivity index (χ4v) is 3.28. The number of aliphatic hydroxyl groups is 1. The molecule has 0 aromatic heterocycles. The highest BCUT2D eigenvalue weighted by molar-refractivity contribution is 4.94. The maximum atomic E-state index is 9.03. The predicted molar refractivity (Wildman–Crippen MR) is 105 cm³/mol. The number of rotatable bonds is 16. The summed E-state index contributed by atoms with van der Waals surface area (Å²) in [4.78, 5) is 2.19. The summed E-state index contributed by atoms with van der Waals surface area (Å²) in [6, 6.07) is 0. The lowest BCUT2D eigenvalue weighted by molar-refractivity contribution is 0.194. The molecule has 0 radical (unpaired) electrons. The van der Waals surface area contributed by atoms with Gasteiger partial charge in [0.05, 0.1) is 12.8 Å². The number of nitrogens with zero attached hydrogens (tertiary/aromatic N) is 1. The molecule has 0 aromatic rings. The quantitative estimate of drug-likeness (QED) is 0.295. The standard InChI is InChI=1S/C21H40N2O/c1-2-3-4-5-6-7-8-9-10-11-12-13-14-15-16-21-22-17-18-23(21)19-20-24/h11-12,17-18,21-22,24H,2-10,13-16,19-20H2,1H3/b12-11+. The Labute approximate surface area is 150 Å². The van der Waals surface area contributed by atoms with Crippen LogP contribution in [-0.4, -0.2) is 29.3 Å². The van der Waals surface area contributed by atoms with Crippen molar-refractivity contribution < 1.29 is 5.11 Å². The molecule has 24 heavy (non-hydrogen) atoms. The van der Waals surface area contributed by atoms with Crippen molar-refractivity contribution in [3.8, 4) is 0 Å². The highest BCUT2D eigenvalue weighted by atomic mass is 16.3. The zero-order valence-corrected chi connectivity index (χ0v) is 15.9. The van der Waals surface area contributed by atoms with Crippen LogP contribution in [0.25, 0.3) is 0 Å². The van der Waals surface area contributed by atoms with Crippen LogP contribution in [0.1, 0.15) is 90.4 Å².